The number of rotatable bonds is 25. The topological polar surface area (TPSA) is 153 Å². The summed E-state index contributed by atoms with van der Waals surface area (Å²) in [6.07, 6.45) is 12.6. The summed E-state index contributed by atoms with van der Waals surface area (Å²) in [4.78, 5) is 51.6. The normalized spacial score (nSPS) is 11.9. The molecule has 0 aliphatic heterocycles. The Kier molecular flexibility index (Phi) is 22.0. The third-order valence-corrected chi connectivity index (χ3v) is 12.1. The minimum atomic E-state index is -0.357. The number of halogens is 1. The largest absolute Gasteiger partial charge is 0.493 e. The highest BCUT2D eigenvalue weighted by molar-refractivity contribution is 6.29. The van der Waals surface area contributed by atoms with Crippen LogP contribution in [0.4, 0.5) is 22.7 Å². The van der Waals surface area contributed by atoms with Crippen LogP contribution in [-0.2, 0) is 44.9 Å². The summed E-state index contributed by atoms with van der Waals surface area (Å²) in [5.74, 6) is 1.46. The molecule has 0 unspecified atom stereocenters. The van der Waals surface area contributed by atoms with Gasteiger partial charge in [0.25, 0.3) is 0 Å². The molecule has 4 aromatic carbocycles. The summed E-state index contributed by atoms with van der Waals surface area (Å²) in [7, 11) is 0. The van der Waals surface area contributed by atoms with Gasteiger partial charge < -0.3 is 40.2 Å². The van der Waals surface area contributed by atoms with E-state index in [1.54, 1.807) is 0 Å². The molecule has 0 saturated heterocycles. The predicted molar refractivity (Wildman–Crippen MR) is 279 cm³/mol. The van der Waals surface area contributed by atoms with Crippen LogP contribution in [0.3, 0.4) is 0 Å². The van der Waals surface area contributed by atoms with Crippen LogP contribution in [0.2, 0.25) is 0 Å². The second kappa shape index (κ2) is 28.0. The second-order valence-corrected chi connectivity index (χ2v) is 18.4. The number of alkyl halides is 1. The van der Waals surface area contributed by atoms with Gasteiger partial charge in [-0.15, -0.1) is 11.6 Å². The van der Waals surface area contributed by atoms with Gasteiger partial charge in [-0.05, 0) is 74.2 Å². The van der Waals surface area contributed by atoms with Crippen molar-refractivity contribution in [2.24, 2.45) is 0 Å². The smallest absolute Gasteiger partial charge is 0.239 e. The van der Waals surface area contributed by atoms with Crippen molar-refractivity contribution in [3.63, 3.8) is 0 Å². The van der Waals surface area contributed by atoms with Gasteiger partial charge in [-0.3, -0.25) is 19.2 Å². The summed E-state index contributed by atoms with van der Waals surface area (Å²) < 4.78 is 27.5. The number of carbonyl (C=O) groups excluding carboxylic acids is 4. The molecule has 1 aliphatic rings. The molecule has 69 heavy (non-hydrogen) atoms. The molecule has 374 valence electrons. The van der Waals surface area contributed by atoms with E-state index in [-0.39, 0.29) is 29.5 Å². The van der Waals surface area contributed by atoms with Gasteiger partial charge in [0, 0.05) is 114 Å². The molecule has 13 heteroatoms. The average molecular weight is 968 g/mol. The summed E-state index contributed by atoms with van der Waals surface area (Å²) in [5.41, 5.74) is 8.83. The molecule has 4 N–H and O–H groups in total. The molecule has 4 aromatic rings. The fraction of sp³-hybridized carbons (Fsp3) is 0.500. The maximum absolute atomic E-state index is 13.1. The van der Waals surface area contributed by atoms with Crippen LogP contribution < -0.4 is 40.2 Å². The lowest BCUT2D eigenvalue weighted by atomic mass is 9.90. The fourth-order valence-electron chi connectivity index (χ4n) is 8.83. The Bertz CT molecular complexity index is 2250. The number of hydrogen-bond donors (Lipinski definition) is 4. The molecule has 0 radical (unpaired) electrons. The molecule has 12 nitrogen and oxygen atoms in total. The third-order valence-electron chi connectivity index (χ3n) is 11.8. The van der Waals surface area contributed by atoms with Gasteiger partial charge in [0.2, 0.25) is 23.6 Å². The summed E-state index contributed by atoms with van der Waals surface area (Å²) in [5, 5.41) is 12.2. The van der Waals surface area contributed by atoms with E-state index >= 15 is 0 Å². The maximum atomic E-state index is 13.1. The number of fused-ring (bicyclic) bond motifs is 8. The van der Waals surface area contributed by atoms with Crippen molar-refractivity contribution in [2.45, 2.75) is 151 Å². The fourth-order valence-corrected chi connectivity index (χ4v) is 8.90. The van der Waals surface area contributed by atoms with E-state index in [1.807, 2.05) is 48.5 Å². The summed E-state index contributed by atoms with van der Waals surface area (Å²) in [6.45, 7) is 15.0. The van der Waals surface area contributed by atoms with Gasteiger partial charge in [0.05, 0.1) is 26.4 Å². The number of hydrogen-bond acceptors (Lipinski definition) is 8. The predicted octanol–water partition coefficient (Wildman–Crippen LogP) is 12.7. The SMILES string of the molecule is CCCCCOc1c2cc(NC(C)=O)cc1Cc1cc(NC(C)=O)cc(c1OCCCCC)Cc1cc(NC(=O)CCl)cc(c1OCCCCC)Cc1cc(NC(C)=O)cc(c1OCCCCC)C2. The molecular weight excluding hydrogens is 892 g/mol. The first-order valence-electron chi connectivity index (χ1n) is 25.2. The van der Waals surface area contributed by atoms with Crippen molar-refractivity contribution in [2.75, 3.05) is 53.6 Å². The highest BCUT2D eigenvalue weighted by atomic mass is 35.5. The molecule has 1 aliphatic carbocycles. The Hall–Kier alpha value is -5.75. The van der Waals surface area contributed by atoms with Crippen LogP contribution in [0.15, 0.2) is 48.5 Å². The number of benzene rings is 4. The van der Waals surface area contributed by atoms with Gasteiger partial charge in [0.1, 0.15) is 28.9 Å². The lowest BCUT2D eigenvalue weighted by molar-refractivity contribution is -0.115. The zero-order valence-corrected chi connectivity index (χ0v) is 42.9. The van der Waals surface area contributed by atoms with Gasteiger partial charge in [-0.25, -0.2) is 0 Å². The van der Waals surface area contributed by atoms with Crippen LogP contribution in [0.5, 0.6) is 23.0 Å². The first-order valence-corrected chi connectivity index (χ1v) is 25.7. The highest BCUT2D eigenvalue weighted by Crippen LogP contribution is 2.43. The van der Waals surface area contributed by atoms with E-state index in [0.717, 1.165) is 122 Å². The number of amides is 4. The van der Waals surface area contributed by atoms with E-state index in [0.29, 0.717) is 97.9 Å². The minimum absolute atomic E-state index is 0.217. The van der Waals surface area contributed by atoms with Crippen molar-refractivity contribution >= 4 is 58.0 Å². The van der Waals surface area contributed by atoms with E-state index in [9.17, 15) is 19.2 Å². The van der Waals surface area contributed by atoms with E-state index < -0.39 is 0 Å². The Morgan fingerprint density at radius 3 is 0.797 bits per heavy atom. The van der Waals surface area contributed by atoms with Crippen molar-refractivity contribution in [1.82, 2.24) is 0 Å². The molecule has 0 fully saturated rings. The monoisotopic (exact) mass is 967 g/mol. The van der Waals surface area contributed by atoms with Crippen molar-refractivity contribution in [3.05, 3.63) is 93.0 Å². The highest BCUT2D eigenvalue weighted by Gasteiger charge is 2.25. The molecule has 0 atom stereocenters. The lowest BCUT2D eigenvalue weighted by Gasteiger charge is -2.25. The van der Waals surface area contributed by atoms with Crippen molar-refractivity contribution in [3.8, 4) is 23.0 Å². The molecule has 0 aromatic heterocycles. The third kappa shape index (κ3) is 16.7. The van der Waals surface area contributed by atoms with E-state index in [2.05, 4.69) is 49.0 Å². The number of anilines is 4. The first-order chi connectivity index (χ1) is 33.3. The van der Waals surface area contributed by atoms with Gasteiger partial charge in [0.15, 0.2) is 0 Å². The Balaban J connectivity index is 1.95. The van der Waals surface area contributed by atoms with Crippen LogP contribution in [-0.4, -0.2) is 55.9 Å². The lowest BCUT2D eigenvalue weighted by Crippen LogP contribution is -2.15. The number of carbonyl (C=O) groups is 4. The first kappa shape index (κ1) is 54.2. The zero-order valence-electron chi connectivity index (χ0n) is 42.1. The molecular formula is C56H75ClN4O8. The summed E-state index contributed by atoms with van der Waals surface area (Å²) >= 11 is 6.10. The van der Waals surface area contributed by atoms with Crippen molar-refractivity contribution in [1.29, 1.82) is 0 Å². The van der Waals surface area contributed by atoms with Gasteiger partial charge >= 0.3 is 0 Å². The average Bonchev–Trinajstić information content (AvgIpc) is 3.28. The quantitative estimate of drug-likeness (QED) is 0.0333. The zero-order chi connectivity index (χ0) is 49.7. The molecule has 8 bridgehead atoms. The molecule has 0 heterocycles. The van der Waals surface area contributed by atoms with Crippen molar-refractivity contribution < 1.29 is 38.1 Å². The standard InChI is InChI=1S/C56H75ClN4O8/c1-8-12-16-20-66-53-40-24-42-30-49(59-38(6)63)32-44(54(42)67-21-17-13-9-2)26-46-34-51(61-52(65)36-57)35-47(56(46)69-23-19-15-11-4)27-45-33-50(60-39(7)64)31-43(55(45)68-22-18-14-10-3)25-41(53)29-48(28-40)58-37(5)62/h28-35H,8-27,36H2,1-7H3,(H,58,62)(H,59,63)(H,60,64)(H,61,65). The number of nitrogens with one attached hydrogen (secondary N) is 4. The Morgan fingerprint density at radius 1 is 0.391 bits per heavy atom. The maximum Gasteiger partial charge on any atom is 0.239 e. The Labute approximate surface area is 415 Å². The van der Waals surface area contributed by atoms with E-state index in [4.69, 9.17) is 30.5 Å². The minimum Gasteiger partial charge on any atom is -0.493 e. The molecule has 0 spiro atoms. The van der Waals surface area contributed by atoms with Crippen LogP contribution >= 0.6 is 11.6 Å². The van der Waals surface area contributed by atoms with E-state index in [1.165, 1.54) is 20.8 Å². The van der Waals surface area contributed by atoms with Crippen LogP contribution in [0, 0.1) is 0 Å². The Morgan fingerprint density at radius 2 is 0.609 bits per heavy atom. The molecule has 0 saturated carbocycles. The van der Waals surface area contributed by atoms with Gasteiger partial charge in [-0.1, -0.05) is 79.1 Å². The second-order valence-electron chi connectivity index (χ2n) is 18.1. The number of ether oxygens (including phenoxy) is 4. The number of unbranched alkanes of at least 4 members (excludes halogenated alkanes) is 8. The molecule has 5 rings (SSSR count). The van der Waals surface area contributed by atoms with Crippen LogP contribution in [0.25, 0.3) is 0 Å². The molecule has 4 amide bonds. The summed E-state index contributed by atoms with van der Waals surface area (Å²) in [6, 6.07) is 15.6. The van der Waals surface area contributed by atoms with Gasteiger partial charge in [-0.2, -0.15) is 0 Å². The van der Waals surface area contributed by atoms with Crippen LogP contribution in [0.1, 0.15) is 170 Å².